The van der Waals surface area contributed by atoms with Crippen LogP contribution in [0.4, 0.5) is 0 Å². The van der Waals surface area contributed by atoms with Gasteiger partial charge in [0.05, 0.1) is 12.7 Å². The molecule has 2 aliphatic heterocycles. The molecule has 1 aliphatic carbocycles. The Labute approximate surface area is 111 Å². The number of likely N-dealkylation sites (N-methyl/N-ethyl adjacent to an activating group) is 1. The highest BCUT2D eigenvalue weighted by atomic mass is 16.5. The van der Waals surface area contributed by atoms with Crippen LogP contribution in [0.3, 0.4) is 0 Å². The van der Waals surface area contributed by atoms with Crippen LogP contribution in [0, 0.1) is 5.92 Å². The van der Waals surface area contributed by atoms with E-state index >= 15 is 0 Å². The molecule has 0 bridgehead atoms. The molecule has 0 aromatic heterocycles. The fraction of sp³-hybridized carbons (Fsp3) is 1.00. The van der Waals surface area contributed by atoms with Crippen molar-refractivity contribution in [3.8, 4) is 0 Å². The van der Waals surface area contributed by atoms with Gasteiger partial charge in [-0.1, -0.05) is 0 Å². The molecule has 18 heavy (non-hydrogen) atoms. The molecule has 0 amide bonds. The molecule has 3 unspecified atom stereocenters. The number of piperazine rings is 1. The zero-order chi connectivity index (χ0) is 12.5. The summed E-state index contributed by atoms with van der Waals surface area (Å²) in [5.41, 5.74) is 0. The fourth-order valence-electron chi connectivity index (χ4n) is 3.26. The Morgan fingerprint density at radius 2 is 2.11 bits per heavy atom. The highest BCUT2D eigenvalue weighted by Gasteiger charge is 2.36. The van der Waals surface area contributed by atoms with Crippen molar-refractivity contribution in [1.82, 2.24) is 15.1 Å². The van der Waals surface area contributed by atoms with Crippen LogP contribution in [0.5, 0.6) is 0 Å². The first-order chi connectivity index (χ1) is 8.72. The number of rotatable bonds is 3. The predicted octanol–water partition coefficient (Wildman–Crippen LogP) is 0.389. The highest BCUT2D eigenvalue weighted by Crippen LogP contribution is 2.34. The lowest BCUT2D eigenvalue weighted by Crippen LogP contribution is -2.59. The standard InChI is InChI=1S/C14H27N3O/c1-11-7-15-14(12-3-4-12)10-17(11)9-13-8-16(2)5-6-18-13/h11-15H,3-10H2,1-2H3. The molecule has 1 saturated carbocycles. The molecule has 0 spiro atoms. The van der Waals surface area contributed by atoms with Gasteiger partial charge in [-0.15, -0.1) is 0 Å². The maximum absolute atomic E-state index is 5.91. The first kappa shape index (κ1) is 12.9. The van der Waals surface area contributed by atoms with Gasteiger partial charge in [0, 0.05) is 44.8 Å². The molecule has 3 atom stereocenters. The van der Waals surface area contributed by atoms with E-state index in [1.807, 2.05) is 0 Å². The van der Waals surface area contributed by atoms with Crippen LogP contribution in [-0.2, 0) is 4.74 Å². The Kier molecular flexibility index (Phi) is 3.89. The van der Waals surface area contributed by atoms with Crippen molar-refractivity contribution in [2.45, 2.75) is 38.0 Å². The second-order valence-electron chi connectivity index (χ2n) is 6.41. The molecule has 0 aromatic carbocycles. The second kappa shape index (κ2) is 5.45. The van der Waals surface area contributed by atoms with E-state index in [1.165, 1.54) is 19.4 Å². The fourth-order valence-corrected chi connectivity index (χ4v) is 3.26. The van der Waals surface area contributed by atoms with Gasteiger partial charge in [-0.3, -0.25) is 4.90 Å². The summed E-state index contributed by atoms with van der Waals surface area (Å²) in [6.45, 7) is 8.87. The SMILES string of the molecule is CC1CNC(C2CC2)CN1CC1CN(C)CCO1. The minimum atomic E-state index is 0.407. The number of hydrogen-bond acceptors (Lipinski definition) is 4. The van der Waals surface area contributed by atoms with Gasteiger partial charge in [0.25, 0.3) is 0 Å². The molecule has 0 radical (unpaired) electrons. The van der Waals surface area contributed by atoms with E-state index in [4.69, 9.17) is 4.74 Å². The van der Waals surface area contributed by atoms with E-state index in [0.29, 0.717) is 12.1 Å². The Morgan fingerprint density at radius 1 is 1.28 bits per heavy atom. The summed E-state index contributed by atoms with van der Waals surface area (Å²) < 4.78 is 5.91. The number of ether oxygens (including phenoxy) is 1. The van der Waals surface area contributed by atoms with E-state index < -0.39 is 0 Å². The first-order valence-electron chi connectivity index (χ1n) is 7.50. The van der Waals surface area contributed by atoms with Crippen LogP contribution < -0.4 is 5.32 Å². The van der Waals surface area contributed by atoms with Crippen LogP contribution in [0.2, 0.25) is 0 Å². The monoisotopic (exact) mass is 253 g/mol. The molecule has 0 aromatic rings. The third kappa shape index (κ3) is 3.05. The van der Waals surface area contributed by atoms with Gasteiger partial charge >= 0.3 is 0 Å². The van der Waals surface area contributed by atoms with Crippen LogP contribution in [0.25, 0.3) is 0 Å². The van der Waals surface area contributed by atoms with Crippen molar-refractivity contribution < 1.29 is 4.74 Å². The van der Waals surface area contributed by atoms with Gasteiger partial charge in [-0.2, -0.15) is 0 Å². The normalized spacial score (nSPS) is 40.0. The van der Waals surface area contributed by atoms with E-state index in [0.717, 1.165) is 44.7 Å². The van der Waals surface area contributed by atoms with E-state index in [9.17, 15) is 0 Å². The summed E-state index contributed by atoms with van der Waals surface area (Å²) in [6, 6.07) is 1.39. The van der Waals surface area contributed by atoms with Gasteiger partial charge < -0.3 is 15.0 Å². The number of hydrogen-bond donors (Lipinski definition) is 1. The average Bonchev–Trinajstić information content (AvgIpc) is 3.16. The van der Waals surface area contributed by atoms with Crippen LogP contribution in [0.15, 0.2) is 0 Å². The van der Waals surface area contributed by atoms with Gasteiger partial charge in [0.1, 0.15) is 0 Å². The molecule has 4 nitrogen and oxygen atoms in total. The maximum Gasteiger partial charge on any atom is 0.0829 e. The van der Waals surface area contributed by atoms with Gasteiger partial charge in [-0.05, 0) is 32.7 Å². The Hall–Kier alpha value is -0.160. The summed E-state index contributed by atoms with van der Waals surface area (Å²) in [6.07, 6.45) is 3.27. The summed E-state index contributed by atoms with van der Waals surface area (Å²) in [4.78, 5) is 5.03. The van der Waals surface area contributed by atoms with Crippen molar-refractivity contribution >= 4 is 0 Å². The topological polar surface area (TPSA) is 27.7 Å². The average molecular weight is 253 g/mol. The Bertz CT molecular complexity index is 282. The number of nitrogens with zero attached hydrogens (tertiary/aromatic N) is 2. The largest absolute Gasteiger partial charge is 0.374 e. The molecule has 3 aliphatic rings. The second-order valence-corrected chi connectivity index (χ2v) is 6.41. The molecule has 104 valence electrons. The van der Waals surface area contributed by atoms with E-state index in [-0.39, 0.29) is 0 Å². The quantitative estimate of drug-likeness (QED) is 0.787. The molecule has 2 saturated heterocycles. The predicted molar refractivity (Wildman–Crippen MR) is 72.8 cm³/mol. The highest BCUT2D eigenvalue weighted by molar-refractivity contribution is 4.94. The van der Waals surface area contributed by atoms with Crippen molar-refractivity contribution in [3.05, 3.63) is 0 Å². The number of nitrogens with one attached hydrogen (secondary N) is 1. The van der Waals surface area contributed by atoms with Crippen molar-refractivity contribution in [1.29, 1.82) is 0 Å². The summed E-state index contributed by atoms with van der Waals surface area (Å²) >= 11 is 0. The molecule has 1 N–H and O–H groups in total. The third-order valence-corrected chi connectivity index (χ3v) is 4.70. The van der Waals surface area contributed by atoms with Gasteiger partial charge in [0.15, 0.2) is 0 Å². The van der Waals surface area contributed by atoms with Crippen molar-refractivity contribution in [2.24, 2.45) is 5.92 Å². The Morgan fingerprint density at radius 3 is 2.83 bits per heavy atom. The maximum atomic E-state index is 5.91. The first-order valence-corrected chi connectivity index (χ1v) is 7.50. The number of morpholine rings is 1. The summed E-state index contributed by atoms with van der Waals surface area (Å²) in [5, 5.41) is 3.71. The zero-order valence-corrected chi connectivity index (χ0v) is 11.8. The molecule has 2 heterocycles. The van der Waals surface area contributed by atoms with Gasteiger partial charge in [0.2, 0.25) is 0 Å². The van der Waals surface area contributed by atoms with Gasteiger partial charge in [-0.25, -0.2) is 0 Å². The van der Waals surface area contributed by atoms with Crippen molar-refractivity contribution in [2.75, 3.05) is 46.4 Å². The summed E-state index contributed by atoms with van der Waals surface area (Å²) in [7, 11) is 2.20. The van der Waals surface area contributed by atoms with Crippen LogP contribution >= 0.6 is 0 Å². The molecule has 4 heteroatoms. The minimum Gasteiger partial charge on any atom is -0.374 e. The van der Waals surface area contributed by atoms with Crippen LogP contribution in [0.1, 0.15) is 19.8 Å². The third-order valence-electron chi connectivity index (χ3n) is 4.70. The lowest BCUT2D eigenvalue weighted by molar-refractivity contribution is -0.0457. The van der Waals surface area contributed by atoms with Crippen LogP contribution in [-0.4, -0.2) is 74.4 Å². The smallest absolute Gasteiger partial charge is 0.0829 e. The lowest BCUT2D eigenvalue weighted by Gasteiger charge is -2.42. The van der Waals surface area contributed by atoms with Crippen molar-refractivity contribution in [3.63, 3.8) is 0 Å². The van der Waals surface area contributed by atoms with E-state index in [1.54, 1.807) is 0 Å². The summed E-state index contributed by atoms with van der Waals surface area (Å²) in [5.74, 6) is 0.954. The lowest BCUT2D eigenvalue weighted by atomic mass is 10.1. The van der Waals surface area contributed by atoms with E-state index in [2.05, 4.69) is 29.1 Å². The zero-order valence-electron chi connectivity index (χ0n) is 11.8. The minimum absolute atomic E-state index is 0.407. The Balaban J connectivity index is 1.52. The molecule has 3 rings (SSSR count). The molecular weight excluding hydrogens is 226 g/mol. The molecule has 3 fully saturated rings. The molecular formula is C14H27N3O.